The van der Waals surface area contributed by atoms with Crippen LogP contribution in [0.1, 0.15) is 23.2 Å². The van der Waals surface area contributed by atoms with Gasteiger partial charge in [0.2, 0.25) is 5.75 Å². The Morgan fingerprint density at radius 1 is 1.32 bits per heavy atom. The summed E-state index contributed by atoms with van der Waals surface area (Å²) < 4.78 is 17.0. The van der Waals surface area contributed by atoms with Crippen molar-refractivity contribution in [2.75, 3.05) is 18.6 Å². The number of carboxylic acids is 1. The molecule has 102 valence electrons. The first kappa shape index (κ1) is 12.5. The molecule has 1 fully saturated rings. The van der Waals surface area contributed by atoms with Gasteiger partial charge in [-0.2, -0.15) is 11.8 Å². The molecule has 0 atom stereocenters. The van der Waals surface area contributed by atoms with Crippen LogP contribution < -0.4 is 14.2 Å². The molecule has 0 aliphatic carbocycles. The lowest BCUT2D eigenvalue weighted by molar-refractivity contribution is -0.0852. The van der Waals surface area contributed by atoms with Crippen molar-refractivity contribution in [3.05, 3.63) is 17.7 Å². The Hall–Kier alpha value is -1.56. The quantitative estimate of drug-likeness (QED) is 0.898. The SMILES string of the molecule is COc1ccc(C(=O)O)c2c1OC1(CCSCC1)O2. The topological polar surface area (TPSA) is 65.0 Å². The molecule has 5 nitrogen and oxygen atoms in total. The minimum Gasteiger partial charge on any atom is -0.493 e. The van der Waals surface area contributed by atoms with E-state index in [1.807, 2.05) is 11.8 Å². The highest BCUT2D eigenvalue weighted by atomic mass is 32.2. The third-order valence-electron chi connectivity index (χ3n) is 3.36. The van der Waals surface area contributed by atoms with Gasteiger partial charge >= 0.3 is 5.97 Å². The smallest absolute Gasteiger partial charge is 0.339 e. The fraction of sp³-hybridized carbons (Fsp3) is 0.462. The van der Waals surface area contributed by atoms with Crippen LogP contribution >= 0.6 is 11.8 Å². The van der Waals surface area contributed by atoms with Crippen molar-refractivity contribution < 1.29 is 24.1 Å². The van der Waals surface area contributed by atoms with Gasteiger partial charge in [0.25, 0.3) is 5.79 Å². The van der Waals surface area contributed by atoms with E-state index in [0.717, 1.165) is 24.3 Å². The number of hydrogen-bond acceptors (Lipinski definition) is 5. The second kappa shape index (κ2) is 4.52. The van der Waals surface area contributed by atoms with Crippen molar-refractivity contribution >= 4 is 17.7 Å². The fourth-order valence-electron chi connectivity index (χ4n) is 2.35. The third-order valence-corrected chi connectivity index (χ3v) is 4.34. The predicted octanol–water partition coefficient (Wildman–Crippen LogP) is 2.39. The third kappa shape index (κ3) is 2.00. The predicted molar refractivity (Wildman–Crippen MR) is 70.5 cm³/mol. The second-order valence-corrected chi connectivity index (χ2v) is 5.73. The zero-order valence-electron chi connectivity index (χ0n) is 10.5. The summed E-state index contributed by atoms with van der Waals surface area (Å²) in [7, 11) is 1.53. The summed E-state index contributed by atoms with van der Waals surface area (Å²) in [5, 5.41) is 9.22. The molecule has 1 N–H and O–H groups in total. The maximum absolute atomic E-state index is 11.3. The zero-order valence-corrected chi connectivity index (χ0v) is 11.3. The van der Waals surface area contributed by atoms with Crippen LogP contribution in [0, 0.1) is 0 Å². The monoisotopic (exact) mass is 282 g/mol. The average molecular weight is 282 g/mol. The Morgan fingerprint density at radius 3 is 2.63 bits per heavy atom. The first-order chi connectivity index (χ1) is 9.15. The number of carbonyl (C=O) groups is 1. The second-order valence-electron chi connectivity index (χ2n) is 4.51. The number of ether oxygens (including phenoxy) is 3. The van der Waals surface area contributed by atoms with E-state index in [-0.39, 0.29) is 5.56 Å². The molecule has 19 heavy (non-hydrogen) atoms. The highest BCUT2D eigenvalue weighted by molar-refractivity contribution is 7.99. The van der Waals surface area contributed by atoms with Crippen LogP contribution in [0.3, 0.4) is 0 Å². The van der Waals surface area contributed by atoms with E-state index in [1.165, 1.54) is 13.2 Å². The van der Waals surface area contributed by atoms with Crippen molar-refractivity contribution in [2.45, 2.75) is 18.6 Å². The summed E-state index contributed by atoms with van der Waals surface area (Å²) in [6.07, 6.45) is 1.49. The van der Waals surface area contributed by atoms with Crippen LogP contribution in [0.4, 0.5) is 0 Å². The Kier molecular flexibility index (Phi) is 2.97. The Bertz CT molecular complexity index is 522. The maximum atomic E-state index is 11.3. The van der Waals surface area contributed by atoms with Gasteiger partial charge in [0, 0.05) is 24.3 Å². The van der Waals surface area contributed by atoms with E-state index in [4.69, 9.17) is 14.2 Å². The summed E-state index contributed by atoms with van der Waals surface area (Å²) in [5.41, 5.74) is 0.117. The van der Waals surface area contributed by atoms with Gasteiger partial charge in [0.05, 0.1) is 7.11 Å². The molecule has 1 aromatic carbocycles. The molecule has 0 saturated carbocycles. The van der Waals surface area contributed by atoms with E-state index in [0.29, 0.717) is 17.2 Å². The highest BCUT2D eigenvalue weighted by Gasteiger charge is 2.45. The standard InChI is InChI=1S/C13H14O5S/c1-16-9-3-2-8(12(14)15)10-11(9)18-13(17-10)4-6-19-7-5-13/h2-3H,4-7H2,1H3,(H,14,15). The van der Waals surface area contributed by atoms with E-state index >= 15 is 0 Å². The van der Waals surface area contributed by atoms with Gasteiger partial charge in [-0.1, -0.05) is 0 Å². The number of carboxylic acid groups (broad SMARTS) is 1. The fourth-order valence-corrected chi connectivity index (χ4v) is 3.47. The van der Waals surface area contributed by atoms with Gasteiger partial charge in [-0.25, -0.2) is 4.79 Å². The van der Waals surface area contributed by atoms with Crippen molar-refractivity contribution in [3.63, 3.8) is 0 Å². The Balaban J connectivity index is 2.04. The van der Waals surface area contributed by atoms with E-state index < -0.39 is 11.8 Å². The minimum absolute atomic E-state index is 0.117. The molecule has 2 aliphatic rings. The lowest BCUT2D eigenvalue weighted by atomic mass is 10.1. The summed E-state index contributed by atoms with van der Waals surface area (Å²) >= 11 is 1.85. The van der Waals surface area contributed by atoms with Gasteiger partial charge in [-0.3, -0.25) is 0 Å². The normalized spacial score (nSPS) is 19.4. The molecular formula is C13H14O5S. The number of aromatic carboxylic acids is 1. The first-order valence-electron chi connectivity index (χ1n) is 6.05. The van der Waals surface area contributed by atoms with Crippen LogP contribution in [-0.2, 0) is 0 Å². The molecule has 0 unspecified atom stereocenters. The van der Waals surface area contributed by atoms with Gasteiger partial charge < -0.3 is 19.3 Å². The number of thioether (sulfide) groups is 1. The van der Waals surface area contributed by atoms with Crippen molar-refractivity contribution in [1.29, 1.82) is 0 Å². The van der Waals surface area contributed by atoms with E-state index in [9.17, 15) is 9.90 Å². The molecule has 0 radical (unpaired) electrons. The number of methoxy groups -OCH3 is 1. The molecule has 2 heterocycles. The van der Waals surface area contributed by atoms with Gasteiger partial charge in [-0.05, 0) is 12.1 Å². The molecule has 0 bridgehead atoms. The van der Waals surface area contributed by atoms with Crippen LogP contribution in [0.15, 0.2) is 12.1 Å². The Morgan fingerprint density at radius 2 is 2.00 bits per heavy atom. The molecular weight excluding hydrogens is 268 g/mol. The van der Waals surface area contributed by atoms with Gasteiger partial charge in [-0.15, -0.1) is 0 Å². The number of benzene rings is 1. The van der Waals surface area contributed by atoms with Crippen LogP contribution in [0.25, 0.3) is 0 Å². The van der Waals surface area contributed by atoms with E-state index in [1.54, 1.807) is 6.07 Å². The number of rotatable bonds is 2. The largest absolute Gasteiger partial charge is 0.493 e. The molecule has 3 rings (SSSR count). The van der Waals surface area contributed by atoms with Gasteiger partial charge in [0.1, 0.15) is 5.56 Å². The first-order valence-corrected chi connectivity index (χ1v) is 7.21. The van der Waals surface area contributed by atoms with Gasteiger partial charge in [0.15, 0.2) is 11.5 Å². The summed E-state index contributed by atoms with van der Waals surface area (Å²) in [4.78, 5) is 11.3. The summed E-state index contributed by atoms with van der Waals surface area (Å²) in [6, 6.07) is 3.09. The number of fused-ring (bicyclic) bond motifs is 1. The zero-order chi connectivity index (χ0) is 13.5. The number of hydrogen-bond donors (Lipinski definition) is 1. The van der Waals surface area contributed by atoms with Crippen molar-refractivity contribution in [2.24, 2.45) is 0 Å². The van der Waals surface area contributed by atoms with Crippen LogP contribution in [0.2, 0.25) is 0 Å². The summed E-state index contributed by atoms with van der Waals surface area (Å²) in [5.74, 6) is 1.36. The molecule has 1 spiro atoms. The van der Waals surface area contributed by atoms with Crippen LogP contribution in [-0.4, -0.2) is 35.5 Å². The lowest BCUT2D eigenvalue weighted by Crippen LogP contribution is -2.42. The highest BCUT2D eigenvalue weighted by Crippen LogP contribution is 2.51. The average Bonchev–Trinajstić information content (AvgIpc) is 2.76. The lowest BCUT2D eigenvalue weighted by Gasteiger charge is -2.30. The van der Waals surface area contributed by atoms with E-state index in [2.05, 4.69) is 0 Å². The van der Waals surface area contributed by atoms with Crippen molar-refractivity contribution in [1.82, 2.24) is 0 Å². The molecule has 1 aromatic rings. The molecule has 2 aliphatic heterocycles. The molecule has 0 amide bonds. The minimum atomic E-state index is -1.02. The van der Waals surface area contributed by atoms with Crippen LogP contribution in [0.5, 0.6) is 17.2 Å². The molecule has 1 saturated heterocycles. The van der Waals surface area contributed by atoms with Crippen molar-refractivity contribution in [3.8, 4) is 17.2 Å². The molecule has 0 aromatic heterocycles. The Labute approximate surface area is 114 Å². The maximum Gasteiger partial charge on any atom is 0.339 e. The molecule has 6 heteroatoms. The summed E-state index contributed by atoms with van der Waals surface area (Å²) in [6.45, 7) is 0.